The zero-order chi connectivity index (χ0) is 16.3. The molecule has 0 bridgehead atoms. The van der Waals surface area contributed by atoms with Gasteiger partial charge in [-0.3, -0.25) is 4.79 Å². The average molecular weight is 303 g/mol. The van der Waals surface area contributed by atoms with E-state index in [9.17, 15) is 4.79 Å². The van der Waals surface area contributed by atoms with Gasteiger partial charge in [-0.25, -0.2) is 0 Å². The van der Waals surface area contributed by atoms with E-state index >= 15 is 0 Å². The third kappa shape index (κ3) is 3.82. The maximum Gasteiger partial charge on any atom is 0.227 e. The Labute approximate surface area is 134 Å². The van der Waals surface area contributed by atoms with Crippen molar-refractivity contribution in [2.75, 3.05) is 12.4 Å². The molecule has 3 nitrogen and oxygen atoms in total. The van der Waals surface area contributed by atoms with E-state index in [1.165, 1.54) is 6.42 Å². The number of carbonyl (C=O) groups is 1. The molecule has 1 aromatic carbocycles. The molecule has 1 aliphatic carbocycles. The number of amides is 1. The summed E-state index contributed by atoms with van der Waals surface area (Å²) >= 11 is 0. The van der Waals surface area contributed by atoms with Gasteiger partial charge in [0, 0.05) is 11.6 Å². The molecule has 1 aliphatic rings. The first-order chi connectivity index (χ1) is 10.4. The van der Waals surface area contributed by atoms with Crippen molar-refractivity contribution in [1.82, 2.24) is 0 Å². The smallest absolute Gasteiger partial charge is 0.227 e. The quantitative estimate of drug-likeness (QED) is 0.883. The lowest BCUT2D eigenvalue weighted by atomic mass is 9.64. The third-order valence-corrected chi connectivity index (χ3v) is 5.02. The van der Waals surface area contributed by atoms with Crippen LogP contribution in [0.1, 0.15) is 40.5 Å². The Bertz CT molecular complexity index is 495. The first-order valence-corrected chi connectivity index (χ1v) is 8.37. The SMILES string of the molecule is COc1ccc(NC(=O)C2CC(C)CC(C)C2C(C)C)cc1. The summed E-state index contributed by atoms with van der Waals surface area (Å²) in [5.41, 5.74) is 0.846. The summed E-state index contributed by atoms with van der Waals surface area (Å²) in [4.78, 5) is 12.8. The van der Waals surface area contributed by atoms with E-state index in [1.54, 1.807) is 7.11 Å². The van der Waals surface area contributed by atoms with E-state index in [4.69, 9.17) is 4.74 Å². The van der Waals surface area contributed by atoms with Crippen molar-refractivity contribution in [1.29, 1.82) is 0 Å². The minimum Gasteiger partial charge on any atom is -0.497 e. The molecule has 0 aliphatic heterocycles. The normalized spacial score (nSPS) is 28.5. The largest absolute Gasteiger partial charge is 0.497 e. The van der Waals surface area contributed by atoms with Gasteiger partial charge in [-0.1, -0.05) is 27.7 Å². The maximum absolute atomic E-state index is 12.8. The van der Waals surface area contributed by atoms with Gasteiger partial charge in [0.1, 0.15) is 5.75 Å². The van der Waals surface area contributed by atoms with Crippen LogP contribution < -0.4 is 10.1 Å². The maximum atomic E-state index is 12.8. The lowest BCUT2D eigenvalue weighted by molar-refractivity contribution is -0.125. The molecular formula is C19H29NO2. The summed E-state index contributed by atoms with van der Waals surface area (Å²) in [6.45, 7) is 9.05. The van der Waals surface area contributed by atoms with Gasteiger partial charge in [-0.2, -0.15) is 0 Å². The molecule has 22 heavy (non-hydrogen) atoms. The Morgan fingerprint density at radius 3 is 2.36 bits per heavy atom. The molecule has 0 aromatic heterocycles. The van der Waals surface area contributed by atoms with Crippen molar-refractivity contribution in [2.24, 2.45) is 29.6 Å². The van der Waals surface area contributed by atoms with Crippen LogP contribution >= 0.6 is 0 Å². The van der Waals surface area contributed by atoms with Gasteiger partial charge in [0.15, 0.2) is 0 Å². The molecule has 1 saturated carbocycles. The molecular weight excluding hydrogens is 274 g/mol. The van der Waals surface area contributed by atoms with Crippen LogP contribution in [0.3, 0.4) is 0 Å². The van der Waals surface area contributed by atoms with E-state index in [0.29, 0.717) is 23.7 Å². The van der Waals surface area contributed by atoms with E-state index in [-0.39, 0.29) is 11.8 Å². The minimum absolute atomic E-state index is 0.112. The van der Waals surface area contributed by atoms with Gasteiger partial charge in [0.2, 0.25) is 5.91 Å². The summed E-state index contributed by atoms with van der Waals surface area (Å²) in [6, 6.07) is 7.55. The lowest BCUT2D eigenvalue weighted by Gasteiger charge is -2.41. The van der Waals surface area contributed by atoms with Gasteiger partial charge in [-0.05, 0) is 60.8 Å². The van der Waals surface area contributed by atoms with Crippen LogP contribution in [0, 0.1) is 29.6 Å². The van der Waals surface area contributed by atoms with E-state index in [0.717, 1.165) is 17.9 Å². The highest BCUT2D eigenvalue weighted by Crippen LogP contribution is 2.42. The molecule has 0 radical (unpaired) electrons. The summed E-state index contributed by atoms with van der Waals surface area (Å²) in [5, 5.41) is 3.09. The van der Waals surface area contributed by atoms with Crippen molar-refractivity contribution in [3.8, 4) is 5.75 Å². The number of benzene rings is 1. The molecule has 122 valence electrons. The molecule has 1 N–H and O–H groups in total. The topological polar surface area (TPSA) is 38.3 Å². The Morgan fingerprint density at radius 1 is 1.18 bits per heavy atom. The van der Waals surface area contributed by atoms with Crippen molar-refractivity contribution >= 4 is 11.6 Å². The van der Waals surface area contributed by atoms with Gasteiger partial charge in [-0.15, -0.1) is 0 Å². The number of carbonyl (C=O) groups excluding carboxylic acids is 1. The molecule has 0 spiro atoms. The number of methoxy groups -OCH3 is 1. The predicted molar refractivity (Wildman–Crippen MR) is 91.0 cm³/mol. The minimum atomic E-state index is 0.112. The van der Waals surface area contributed by atoms with Crippen LogP contribution in [0.25, 0.3) is 0 Å². The van der Waals surface area contributed by atoms with Crippen LogP contribution in [-0.2, 0) is 4.79 Å². The van der Waals surface area contributed by atoms with Crippen molar-refractivity contribution in [2.45, 2.75) is 40.5 Å². The molecule has 2 rings (SSSR count). The van der Waals surface area contributed by atoms with Crippen molar-refractivity contribution in [3.63, 3.8) is 0 Å². The average Bonchev–Trinajstić information content (AvgIpc) is 2.46. The first-order valence-electron chi connectivity index (χ1n) is 8.37. The highest BCUT2D eigenvalue weighted by Gasteiger charge is 2.39. The Kier molecular flexibility index (Phi) is 5.49. The van der Waals surface area contributed by atoms with Gasteiger partial charge in [0.25, 0.3) is 0 Å². The number of anilines is 1. The standard InChI is InChI=1S/C19H29NO2/c1-12(2)18-14(4)10-13(3)11-17(18)19(21)20-15-6-8-16(22-5)9-7-15/h6-9,12-14,17-18H,10-11H2,1-5H3,(H,20,21). The molecule has 4 unspecified atom stereocenters. The summed E-state index contributed by atoms with van der Waals surface area (Å²) in [7, 11) is 1.64. The summed E-state index contributed by atoms with van der Waals surface area (Å²) in [5.74, 6) is 3.32. The fourth-order valence-corrected chi connectivity index (χ4v) is 4.19. The van der Waals surface area contributed by atoms with Crippen LogP contribution in [0.15, 0.2) is 24.3 Å². The monoisotopic (exact) mass is 303 g/mol. The Balaban J connectivity index is 2.10. The molecule has 0 saturated heterocycles. The number of nitrogens with one attached hydrogen (secondary N) is 1. The molecule has 0 heterocycles. The van der Waals surface area contributed by atoms with Crippen LogP contribution in [-0.4, -0.2) is 13.0 Å². The summed E-state index contributed by atoms with van der Waals surface area (Å²) in [6.07, 6.45) is 2.23. The second-order valence-electron chi connectivity index (χ2n) is 7.20. The van der Waals surface area contributed by atoms with Gasteiger partial charge < -0.3 is 10.1 Å². The third-order valence-electron chi connectivity index (χ3n) is 5.02. The molecule has 1 fully saturated rings. The van der Waals surface area contributed by atoms with E-state index in [1.807, 2.05) is 24.3 Å². The second kappa shape index (κ2) is 7.17. The van der Waals surface area contributed by atoms with Crippen LogP contribution in [0.4, 0.5) is 5.69 Å². The number of ether oxygens (including phenoxy) is 1. The van der Waals surface area contributed by atoms with Gasteiger partial charge >= 0.3 is 0 Å². The first kappa shape index (κ1) is 16.9. The summed E-state index contributed by atoms with van der Waals surface area (Å²) < 4.78 is 5.15. The number of hydrogen-bond donors (Lipinski definition) is 1. The zero-order valence-electron chi connectivity index (χ0n) is 14.4. The Hall–Kier alpha value is -1.51. The van der Waals surface area contributed by atoms with E-state index < -0.39 is 0 Å². The second-order valence-corrected chi connectivity index (χ2v) is 7.20. The van der Waals surface area contributed by atoms with Crippen LogP contribution in [0.2, 0.25) is 0 Å². The van der Waals surface area contributed by atoms with Crippen LogP contribution in [0.5, 0.6) is 5.75 Å². The highest BCUT2D eigenvalue weighted by atomic mass is 16.5. The molecule has 1 aromatic rings. The highest BCUT2D eigenvalue weighted by molar-refractivity contribution is 5.92. The molecule has 1 amide bonds. The van der Waals surface area contributed by atoms with Crippen molar-refractivity contribution < 1.29 is 9.53 Å². The predicted octanol–water partition coefficient (Wildman–Crippen LogP) is 4.59. The fourth-order valence-electron chi connectivity index (χ4n) is 4.19. The lowest BCUT2D eigenvalue weighted by Crippen LogP contribution is -2.40. The zero-order valence-corrected chi connectivity index (χ0v) is 14.4. The Morgan fingerprint density at radius 2 is 1.82 bits per heavy atom. The van der Waals surface area contributed by atoms with E-state index in [2.05, 4.69) is 33.0 Å². The van der Waals surface area contributed by atoms with Gasteiger partial charge in [0.05, 0.1) is 7.11 Å². The number of hydrogen-bond acceptors (Lipinski definition) is 2. The molecule has 4 atom stereocenters. The molecule has 3 heteroatoms. The number of rotatable bonds is 4. The van der Waals surface area contributed by atoms with Crippen molar-refractivity contribution in [3.05, 3.63) is 24.3 Å². The fraction of sp³-hybridized carbons (Fsp3) is 0.632.